The molecule has 3 nitrogen and oxygen atoms in total. The van der Waals surface area contributed by atoms with Crippen LogP contribution in [0.3, 0.4) is 0 Å². The minimum Gasteiger partial charge on any atom is -0.393 e. The highest BCUT2D eigenvalue weighted by molar-refractivity contribution is 5.98. The number of Topliss-reactive ketones (excluding diaryl/α,β-unsaturated/α-hetero) is 1. The molecule has 0 aromatic heterocycles. The number of fused-ring (bicyclic) bond motifs is 1. The number of carbonyl (C=O) groups excluding carboxylic acids is 1. The fourth-order valence-electron chi connectivity index (χ4n) is 4.29. The van der Waals surface area contributed by atoms with Crippen LogP contribution < -0.4 is 0 Å². The van der Waals surface area contributed by atoms with Gasteiger partial charge >= 0.3 is 0 Å². The molecule has 0 bridgehead atoms. The summed E-state index contributed by atoms with van der Waals surface area (Å²) in [5.41, 5.74) is 3.01. The second-order valence-corrected chi connectivity index (χ2v) is 7.21. The van der Waals surface area contributed by atoms with E-state index in [1.54, 1.807) is 0 Å². The van der Waals surface area contributed by atoms with Crippen LogP contribution in [0.5, 0.6) is 0 Å². The molecule has 2 aromatic carbocycles. The molecule has 2 aliphatic rings. The van der Waals surface area contributed by atoms with E-state index in [9.17, 15) is 9.90 Å². The van der Waals surface area contributed by atoms with Crippen LogP contribution in [0.15, 0.2) is 54.6 Å². The van der Waals surface area contributed by atoms with Crippen molar-refractivity contribution in [2.45, 2.75) is 18.9 Å². The van der Waals surface area contributed by atoms with Crippen LogP contribution in [0.2, 0.25) is 0 Å². The number of likely N-dealkylation sites (tertiary alicyclic amines) is 1. The SMILES string of the molecule is O=C(CN1C[C@H]2CC(O)C[C@H]2C1)c1cccc(-c2ccccc2)c1. The van der Waals surface area contributed by atoms with Gasteiger partial charge in [0.15, 0.2) is 5.78 Å². The molecular formula is C21H23NO2. The van der Waals surface area contributed by atoms with Crippen LogP contribution in [0.4, 0.5) is 0 Å². The molecule has 0 amide bonds. The number of nitrogens with zero attached hydrogens (tertiary/aromatic N) is 1. The first-order chi connectivity index (χ1) is 11.7. The number of aliphatic hydroxyl groups is 1. The van der Waals surface area contributed by atoms with Gasteiger partial charge in [-0.15, -0.1) is 0 Å². The van der Waals surface area contributed by atoms with Crippen LogP contribution in [0, 0.1) is 11.8 Å². The highest BCUT2D eigenvalue weighted by Crippen LogP contribution is 2.37. The molecule has 1 saturated heterocycles. The molecule has 0 radical (unpaired) electrons. The maximum absolute atomic E-state index is 12.7. The first kappa shape index (κ1) is 15.6. The van der Waals surface area contributed by atoms with E-state index in [4.69, 9.17) is 0 Å². The lowest BCUT2D eigenvalue weighted by Crippen LogP contribution is -2.29. The third kappa shape index (κ3) is 3.14. The van der Waals surface area contributed by atoms with Gasteiger partial charge in [0.1, 0.15) is 0 Å². The van der Waals surface area contributed by atoms with Gasteiger partial charge in [-0.25, -0.2) is 0 Å². The molecule has 1 aliphatic carbocycles. The summed E-state index contributed by atoms with van der Waals surface area (Å²) in [4.78, 5) is 14.9. The quantitative estimate of drug-likeness (QED) is 0.879. The number of benzene rings is 2. The van der Waals surface area contributed by atoms with Crippen molar-refractivity contribution in [3.05, 3.63) is 60.2 Å². The van der Waals surface area contributed by atoms with Crippen molar-refractivity contribution in [2.24, 2.45) is 11.8 Å². The summed E-state index contributed by atoms with van der Waals surface area (Å²) in [6, 6.07) is 18.1. The van der Waals surface area contributed by atoms with Gasteiger partial charge in [0.25, 0.3) is 0 Å². The van der Waals surface area contributed by atoms with Crippen LogP contribution in [0.25, 0.3) is 11.1 Å². The summed E-state index contributed by atoms with van der Waals surface area (Å²) >= 11 is 0. The van der Waals surface area contributed by atoms with E-state index in [1.807, 2.05) is 42.5 Å². The highest BCUT2D eigenvalue weighted by Gasteiger charge is 2.40. The highest BCUT2D eigenvalue weighted by atomic mass is 16.3. The Kier molecular flexibility index (Phi) is 4.21. The molecule has 4 rings (SSSR count). The van der Waals surface area contributed by atoms with Gasteiger partial charge in [0.05, 0.1) is 12.6 Å². The van der Waals surface area contributed by atoms with Crippen LogP contribution >= 0.6 is 0 Å². The number of carbonyl (C=O) groups is 1. The molecule has 1 heterocycles. The Morgan fingerprint density at radius 1 is 0.958 bits per heavy atom. The van der Waals surface area contributed by atoms with Crippen LogP contribution in [-0.4, -0.2) is 41.5 Å². The van der Waals surface area contributed by atoms with Gasteiger partial charge in [-0.05, 0) is 41.9 Å². The maximum atomic E-state index is 12.7. The first-order valence-corrected chi connectivity index (χ1v) is 8.78. The zero-order valence-corrected chi connectivity index (χ0v) is 13.8. The standard InChI is InChI=1S/C21H23NO2/c23-20-10-18-12-22(13-19(18)11-20)14-21(24)17-8-4-7-16(9-17)15-5-2-1-3-6-15/h1-9,18-20,23H,10-14H2/t18-,19+,20?. The third-order valence-electron chi connectivity index (χ3n) is 5.46. The molecule has 2 fully saturated rings. The average molecular weight is 321 g/mol. The number of hydrogen-bond donors (Lipinski definition) is 1. The van der Waals surface area contributed by atoms with Crippen molar-refractivity contribution in [1.82, 2.24) is 4.90 Å². The van der Waals surface area contributed by atoms with Gasteiger partial charge in [-0.2, -0.15) is 0 Å². The predicted molar refractivity (Wildman–Crippen MR) is 94.9 cm³/mol. The van der Waals surface area contributed by atoms with Crippen molar-refractivity contribution in [1.29, 1.82) is 0 Å². The Morgan fingerprint density at radius 3 is 2.33 bits per heavy atom. The number of aliphatic hydroxyl groups excluding tert-OH is 1. The Labute approximate surface area is 142 Å². The predicted octanol–water partition coefficient (Wildman–Crippen LogP) is 3.24. The van der Waals surface area contributed by atoms with E-state index in [0.717, 1.165) is 42.6 Å². The second-order valence-electron chi connectivity index (χ2n) is 7.21. The second kappa shape index (κ2) is 6.50. The third-order valence-corrected chi connectivity index (χ3v) is 5.46. The molecule has 1 unspecified atom stereocenters. The minimum atomic E-state index is -0.125. The van der Waals surface area contributed by atoms with Crippen molar-refractivity contribution in [2.75, 3.05) is 19.6 Å². The van der Waals surface area contributed by atoms with Crippen LogP contribution in [-0.2, 0) is 0 Å². The smallest absolute Gasteiger partial charge is 0.176 e. The Hall–Kier alpha value is -1.97. The van der Waals surface area contributed by atoms with Crippen molar-refractivity contribution in [3.8, 4) is 11.1 Å². The first-order valence-electron chi connectivity index (χ1n) is 8.78. The molecule has 1 saturated carbocycles. The fraction of sp³-hybridized carbons (Fsp3) is 0.381. The molecule has 2 aromatic rings. The minimum absolute atomic E-state index is 0.125. The Balaban J connectivity index is 1.44. The Morgan fingerprint density at radius 2 is 1.62 bits per heavy atom. The summed E-state index contributed by atoms with van der Waals surface area (Å²) in [7, 11) is 0. The zero-order valence-electron chi connectivity index (χ0n) is 13.8. The van der Waals surface area contributed by atoms with Crippen molar-refractivity contribution < 1.29 is 9.90 Å². The van der Waals surface area contributed by atoms with Gasteiger partial charge in [0.2, 0.25) is 0 Å². The average Bonchev–Trinajstić information content (AvgIpc) is 3.12. The summed E-state index contributed by atoms with van der Waals surface area (Å²) in [5, 5.41) is 9.73. The monoisotopic (exact) mass is 321 g/mol. The van der Waals surface area contributed by atoms with E-state index in [-0.39, 0.29) is 11.9 Å². The van der Waals surface area contributed by atoms with Crippen molar-refractivity contribution >= 4 is 5.78 Å². The Bertz CT molecular complexity index is 714. The van der Waals surface area contributed by atoms with Gasteiger partial charge in [0, 0.05) is 18.7 Å². The maximum Gasteiger partial charge on any atom is 0.176 e. The van der Waals surface area contributed by atoms with E-state index in [2.05, 4.69) is 17.0 Å². The fourth-order valence-corrected chi connectivity index (χ4v) is 4.29. The molecule has 0 spiro atoms. The van der Waals surface area contributed by atoms with Gasteiger partial charge < -0.3 is 5.11 Å². The lowest BCUT2D eigenvalue weighted by atomic mass is 10.0. The number of hydrogen-bond acceptors (Lipinski definition) is 3. The zero-order chi connectivity index (χ0) is 16.5. The molecule has 24 heavy (non-hydrogen) atoms. The number of ketones is 1. The van der Waals surface area contributed by atoms with E-state index >= 15 is 0 Å². The lowest BCUT2D eigenvalue weighted by Gasteiger charge is -2.17. The lowest BCUT2D eigenvalue weighted by molar-refractivity contribution is 0.0935. The van der Waals surface area contributed by atoms with Crippen LogP contribution in [0.1, 0.15) is 23.2 Å². The van der Waals surface area contributed by atoms with E-state index < -0.39 is 0 Å². The normalized spacial score (nSPS) is 26.5. The summed E-state index contributed by atoms with van der Waals surface area (Å²) in [6.45, 7) is 2.39. The van der Waals surface area contributed by atoms with Gasteiger partial charge in [-0.1, -0.05) is 48.5 Å². The molecule has 3 heteroatoms. The van der Waals surface area contributed by atoms with Crippen molar-refractivity contribution in [3.63, 3.8) is 0 Å². The summed E-state index contributed by atoms with van der Waals surface area (Å²) < 4.78 is 0. The topological polar surface area (TPSA) is 40.5 Å². The molecule has 124 valence electrons. The van der Waals surface area contributed by atoms with E-state index in [1.165, 1.54) is 0 Å². The summed E-state index contributed by atoms with van der Waals surface area (Å²) in [5.74, 6) is 1.33. The molecule has 1 N–H and O–H groups in total. The molecular weight excluding hydrogens is 298 g/mol. The molecule has 1 aliphatic heterocycles. The summed E-state index contributed by atoms with van der Waals surface area (Å²) in [6.07, 6.45) is 1.68. The number of rotatable bonds is 4. The largest absolute Gasteiger partial charge is 0.393 e. The van der Waals surface area contributed by atoms with E-state index in [0.29, 0.717) is 18.4 Å². The van der Waals surface area contributed by atoms with Gasteiger partial charge in [-0.3, -0.25) is 9.69 Å². The molecule has 3 atom stereocenters.